The number of amides is 1. The number of nitrogens with one attached hydrogen (secondary N) is 1. The number of halogens is 1. The molecule has 0 saturated carbocycles. The van der Waals surface area contributed by atoms with Crippen molar-refractivity contribution in [3.63, 3.8) is 0 Å². The Labute approximate surface area is 153 Å². The van der Waals surface area contributed by atoms with Gasteiger partial charge < -0.3 is 14.2 Å². The van der Waals surface area contributed by atoms with Gasteiger partial charge in [0.25, 0.3) is 5.91 Å². The zero-order chi connectivity index (χ0) is 19.0. The zero-order valence-electron chi connectivity index (χ0n) is 14.7. The lowest BCUT2D eigenvalue weighted by molar-refractivity contribution is 0.0928. The van der Waals surface area contributed by atoms with E-state index in [1.165, 1.54) is 12.1 Å². The number of rotatable bonds is 4. The number of hydrogen-bond acceptors (Lipinski definition) is 5. The van der Waals surface area contributed by atoms with Crippen molar-refractivity contribution < 1.29 is 13.7 Å². The molecule has 1 amide bonds. The number of carbonyl (C=O) groups excluding carboxylic acids is 1. The first-order valence-corrected chi connectivity index (χ1v) is 8.36. The van der Waals surface area contributed by atoms with Crippen molar-refractivity contribution in [2.24, 2.45) is 0 Å². The second-order valence-electron chi connectivity index (χ2n) is 6.18. The molecule has 0 bridgehead atoms. The first-order valence-electron chi connectivity index (χ1n) is 8.36. The van der Waals surface area contributed by atoms with Crippen LogP contribution >= 0.6 is 0 Å². The Balaban J connectivity index is 1.51. The van der Waals surface area contributed by atoms with Gasteiger partial charge in [0.15, 0.2) is 0 Å². The number of carbonyl (C=O) groups is 1. The van der Waals surface area contributed by atoms with Gasteiger partial charge in [0, 0.05) is 17.5 Å². The van der Waals surface area contributed by atoms with Crippen LogP contribution in [0.15, 0.2) is 53.2 Å². The fourth-order valence-electron chi connectivity index (χ4n) is 2.72. The Morgan fingerprint density at radius 1 is 1.19 bits per heavy atom. The van der Waals surface area contributed by atoms with Crippen molar-refractivity contribution in [3.8, 4) is 11.4 Å². The highest BCUT2D eigenvalue weighted by molar-refractivity contribution is 5.93. The van der Waals surface area contributed by atoms with Crippen LogP contribution in [0.1, 0.15) is 35.0 Å². The van der Waals surface area contributed by atoms with Crippen LogP contribution in [-0.2, 0) is 0 Å². The molecule has 0 radical (unpaired) electrons. The molecule has 0 fully saturated rings. The largest absolute Gasteiger partial charge is 0.339 e. The maximum absolute atomic E-state index is 13.0. The van der Waals surface area contributed by atoms with Crippen LogP contribution in [0.25, 0.3) is 17.0 Å². The summed E-state index contributed by atoms with van der Waals surface area (Å²) >= 11 is 0. The van der Waals surface area contributed by atoms with Gasteiger partial charge in [-0.2, -0.15) is 4.98 Å². The van der Waals surface area contributed by atoms with Crippen molar-refractivity contribution in [2.75, 3.05) is 0 Å². The lowest BCUT2D eigenvalue weighted by Gasteiger charge is -2.07. The number of hydrogen-bond donors (Lipinski definition) is 1. The van der Waals surface area contributed by atoms with Crippen LogP contribution in [0, 0.1) is 12.7 Å². The fraction of sp³-hybridized carbons (Fsp3) is 0.158. The molecule has 0 spiro atoms. The average molecular weight is 365 g/mol. The molecule has 0 aliphatic rings. The summed E-state index contributed by atoms with van der Waals surface area (Å²) in [7, 11) is 0. The number of benzene rings is 1. The molecular formula is C19H16FN5O2. The molecule has 0 aliphatic heterocycles. The van der Waals surface area contributed by atoms with Crippen LogP contribution in [0.2, 0.25) is 0 Å². The minimum absolute atomic E-state index is 0.252. The molecule has 7 nitrogen and oxygen atoms in total. The molecule has 0 saturated heterocycles. The molecule has 27 heavy (non-hydrogen) atoms. The van der Waals surface area contributed by atoms with E-state index >= 15 is 0 Å². The molecule has 1 unspecified atom stereocenters. The van der Waals surface area contributed by atoms with E-state index in [2.05, 4.69) is 20.4 Å². The monoisotopic (exact) mass is 365 g/mol. The second-order valence-corrected chi connectivity index (χ2v) is 6.18. The Morgan fingerprint density at radius 2 is 1.96 bits per heavy atom. The number of imidazole rings is 1. The second kappa shape index (κ2) is 6.64. The third kappa shape index (κ3) is 3.29. The fourth-order valence-corrected chi connectivity index (χ4v) is 2.72. The zero-order valence-corrected chi connectivity index (χ0v) is 14.7. The first-order chi connectivity index (χ1) is 13.0. The molecule has 1 aromatic carbocycles. The molecule has 4 aromatic rings. The molecule has 8 heteroatoms. The quantitative estimate of drug-likeness (QED) is 0.600. The SMILES string of the molecule is Cc1cccc2nc(C(=O)NC(C)c3nc(-c4ccc(F)cc4)no3)cn12. The van der Waals surface area contributed by atoms with Crippen molar-refractivity contribution >= 4 is 11.6 Å². The van der Waals surface area contributed by atoms with E-state index in [1.807, 2.05) is 29.5 Å². The maximum Gasteiger partial charge on any atom is 0.272 e. The molecule has 3 heterocycles. The van der Waals surface area contributed by atoms with Gasteiger partial charge in [0.2, 0.25) is 11.7 Å². The van der Waals surface area contributed by atoms with E-state index < -0.39 is 6.04 Å². The number of pyridine rings is 1. The highest BCUT2D eigenvalue weighted by atomic mass is 19.1. The number of aryl methyl sites for hydroxylation is 1. The van der Waals surface area contributed by atoms with Gasteiger partial charge in [-0.1, -0.05) is 11.2 Å². The van der Waals surface area contributed by atoms with Crippen LogP contribution in [0.3, 0.4) is 0 Å². The number of aromatic nitrogens is 4. The standard InChI is InChI=1S/C19H16FN5O2/c1-11-4-3-5-16-22-15(10-25(11)16)18(26)21-12(2)19-23-17(24-27-19)13-6-8-14(20)9-7-13/h3-10,12H,1-2H3,(H,21,26). The smallest absolute Gasteiger partial charge is 0.272 e. The van der Waals surface area contributed by atoms with E-state index in [1.54, 1.807) is 25.3 Å². The minimum atomic E-state index is -0.509. The molecule has 136 valence electrons. The third-order valence-corrected chi connectivity index (χ3v) is 4.19. The predicted octanol–water partition coefficient (Wildman–Crippen LogP) is 3.32. The van der Waals surface area contributed by atoms with Gasteiger partial charge in [-0.05, 0) is 50.2 Å². The van der Waals surface area contributed by atoms with Crippen molar-refractivity contribution in [1.29, 1.82) is 0 Å². The molecule has 4 rings (SSSR count). The van der Waals surface area contributed by atoms with Gasteiger partial charge in [0.1, 0.15) is 23.2 Å². The Kier molecular flexibility index (Phi) is 4.15. The minimum Gasteiger partial charge on any atom is -0.339 e. The van der Waals surface area contributed by atoms with Crippen molar-refractivity contribution in [2.45, 2.75) is 19.9 Å². The maximum atomic E-state index is 13.0. The van der Waals surface area contributed by atoms with Crippen LogP contribution in [-0.4, -0.2) is 25.4 Å². The summed E-state index contributed by atoms with van der Waals surface area (Å²) in [4.78, 5) is 21.1. The predicted molar refractivity (Wildman–Crippen MR) is 95.5 cm³/mol. The molecular weight excluding hydrogens is 349 g/mol. The summed E-state index contributed by atoms with van der Waals surface area (Å²) in [5, 5.41) is 6.68. The lowest BCUT2D eigenvalue weighted by Crippen LogP contribution is -2.27. The van der Waals surface area contributed by atoms with E-state index in [-0.39, 0.29) is 17.6 Å². The Hall–Kier alpha value is -3.55. The summed E-state index contributed by atoms with van der Waals surface area (Å²) in [6.45, 7) is 3.68. The molecule has 1 N–H and O–H groups in total. The summed E-state index contributed by atoms with van der Waals surface area (Å²) in [5.74, 6) is -0.102. The topological polar surface area (TPSA) is 85.3 Å². The first kappa shape index (κ1) is 16.9. The summed E-state index contributed by atoms with van der Waals surface area (Å²) < 4.78 is 20.1. The van der Waals surface area contributed by atoms with Crippen molar-refractivity contribution in [1.82, 2.24) is 24.8 Å². The highest BCUT2D eigenvalue weighted by Gasteiger charge is 2.20. The highest BCUT2D eigenvalue weighted by Crippen LogP contribution is 2.19. The Bertz CT molecular complexity index is 1120. The van der Waals surface area contributed by atoms with Crippen molar-refractivity contribution in [3.05, 3.63) is 71.8 Å². The van der Waals surface area contributed by atoms with Crippen LogP contribution in [0.5, 0.6) is 0 Å². The summed E-state index contributed by atoms with van der Waals surface area (Å²) in [6.07, 6.45) is 1.68. The molecule has 0 aliphatic carbocycles. The average Bonchev–Trinajstić information content (AvgIpc) is 3.30. The van der Waals surface area contributed by atoms with Crippen LogP contribution < -0.4 is 5.32 Å². The Morgan fingerprint density at radius 3 is 2.70 bits per heavy atom. The normalized spacial score (nSPS) is 12.3. The number of nitrogens with zero attached hydrogens (tertiary/aromatic N) is 4. The van der Waals surface area contributed by atoms with E-state index in [0.29, 0.717) is 22.7 Å². The summed E-state index contributed by atoms with van der Waals surface area (Å²) in [6, 6.07) is 10.9. The van der Waals surface area contributed by atoms with Gasteiger partial charge >= 0.3 is 0 Å². The van der Waals surface area contributed by atoms with Crippen LogP contribution in [0.4, 0.5) is 4.39 Å². The third-order valence-electron chi connectivity index (χ3n) is 4.19. The summed E-state index contributed by atoms with van der Waals surface area (Å²) in [5.41, 5.74) is 2.60. The van der Waals surface area contributed by atoms with Gasteiger partial charge in [-0.3, -0.25) is 4.79 Å². The molecule has 3 aromatic heterocycles. The van der Waals surface area contributed by atoms with Gasteiger partial charge in [-0.15, -0.1) is 0 Å². The van der Waals surface area contributed by atoms with E-state index in [9.17, 15) is 9.18 Å². The molecule has 1 atom stereocenters. The van der Waals surface area contributed by atoms with Gasteiger partial charge in [0.05, 0.1) is 0 Å². The van der Waals surface area contributed by atoms with E-state index in [0.717, 1.165) is 5.69 Å². The number of fused-ring (bicyclic) bond motifs is 1. The van der Waals surface area contributed by atoms with E-state index in [4.69, 9.17) is 4.52 Å². The van der Waals surface area contributed by atoms with Gasteiger partial charge in [-0.25, -0.2) is 9.37 Å². The lowest BCUT2D eigenvalue weighted by atomic mass is 10.2.